The van der Waals surface area contributed by atoms with Gasteiger partial charge in [-0.25, -0.2) is 0 Å². The fourth-order valence-electron chi connectivity index (χ4n) is 2.36. The summed E-state index contributed by atoms with van der Waals surface area (Å²) in [5.74, 6) is 0.0626. The van der Waals surface area contributed by atoms with Gasteiger partial charge < -0.3 is 15.5 Å². The lowest BCUT2D eigenvalue weighted by Gasteiger charge is -2.27. The minimum absolute atomic E-state index is 0.0626. The molecular formula is C15H22ClN3O. The van der Waals surface area contributed by atoms with E-state index in [9.17, 15) is 4.79 Å². The Kier molecular flexibility index (Phi) is 6.30. The smallest absolute Gasteiger partial charge is 0.224 e. The maximum absolute atomic E-state index is 11.8. The Morgan fingerprint density at radius 1 is 1.35 bits per heavy atom. The highest BCUT2D eigenvalue weighted by Crippen LogP contribution is 2.10. The highest BCUT2D eigenvalue weighted by atomic mass is 35.5. The molecule has 0 spiro atoms. The first-order valence-electron chi connectivity index (χ1n) is 7.18. The Balaban J connectivity index is 1.60. The fraction of sp³-hybridized carbons (Fsp3) is 0.533. The summed E-state index contributed by atoms with van der Waals surface area (Å²) in [4.78, 5) is 14.2. The van der Waals surface area contributed by atoms with Gasteiger partial charge in [-0.1, -0.05) is 23.7 Å². The predicted molar refractivity (Wildman–Crippen MR) is 82.1 cm³/mol. The number of amides is 1. The van der Waals surface area contributed by atoms with E-state index < -0.39 is 0 Å². The van der Waals surface area contributed by atoms with E-state index in [1.807, 2.05) is 24.3 Å². The van der Waals surface area contributed by atoms with Crippen molar-refractivity contribution >= 4 is 17.5 Å². The first kappa shape index (κ1) is 15.3. The molecule has 1 saturated heterocycles. The van der Waals surface area contributed by atoms with Crippen molar-refractivity contribution in [3.8, 4) is 0 Å². The molecule has 0 bridgehead atoms. The van der Waals surface area contributed by atoms with Crippen molar-refractivity contribution in [1.29, 1.82) is 0 Å². The van der Waals surface area contributed by atoms with Crippen molar-refractivity contribution in [1.82, 2.24) is 15.5 Å². The summed E-state index contributed by atoms with van der Waals surface area (Å²) in [7, 11) is 0. The highest BCUT2D eigenvalue weighted by Gasteiger charge is 2.09. The number of rotatable bonds is 6. The van der Waals surface area contributed by atoms with E-state index in [0.29, 0.717) is 11.4 Å². The molecule has 2 N–H and O–H groups in total. The highest BCUT2D eigenvalue weighted by molar-refractivity contribution is 6.30. The third-order valence-corrected chi connectivity index (χ3v) is 3.67. The van der Waals surface area contributed by atoms with Crippen LogP contribution in [0.15, 0.2) is 24.3 Å². The lowest BCUT2D eigenvalue weighted by Crippen LogP contribution is -2.44. The maximum Gasteiger partial charge on any atom is 0.224 e. The monoisotopic (exact) mass is 295 g/mol. The summed E-state index contributed by atoms with van der Waals surface area (Å²) in [6.45, 7) is 6.15. The predicted octanol–water partition coefficient (Wildman–Crippen LogP) is 1.29. The average molecular weight is 296 g/mol. The zero-order chi connectivity index (χ0) is 14.2. The summed E-state index contributed by atoms with van der Waals surface area (Å²) in [5, 5.41) is 6.97. The summed E-state index contributed by atoms with van der Waals surface area (Å²) >= 11 is 5.90. The van der Waals surface area contributed by atoms with Crippen LogP contribution in [0.1, 0.15) is 12.0 Å². The van der Waals surface area contributed by atoms with Crippen LogP contribution < -0.4 is 10.6 Å². The van der Waals surface area contributed by atoms with Gasteiger partial charge in [0.25, 0.3) is 0 Å². The van der Waals surface area contributed by atoms with Crippen molar-refractivity contribution in [2.75, 3.05) is 39.3 Å². The second-order valence-corrected chi connectivity index (χ2v) is 5.54. The molecule has 0 unspecified atom stereocenters. The molecule has 1 aliphatic heterocycles. The molecule has 0 saturated carbocycles. The standard InChI is InChI=1S/C15H22ClN3O/c16-14-4-1-3-13(11-14)12-15(20)18-5-2-8-19-9-6-17-7-10-19/h1,3-4,11,17H,2,5-10,12H2,(H,18,20). The van der Waals surface area contributed by atoms with Crippen molar-refractivity contribution in [2.45, 2.75) is 12.8 Å². The Hall–Kier alpha value is -1.10. The molecule has 1 aromatic carbocycles. The number of carbonyl (C=O) groups is 1. The molecule has 0 atom stereocenters. The number of hydrogen-bond acceptors (Lipinski definition) is 3. The van der Waals surface area contributed by atoms with E-state index in [0.717, 1.165) is 51.3 Å². The Morgan fingerprint density at radius 2 is 2.15 bits per heavy atom. The van der Waals surface area contributed by atoms with E-state index in [1.165, 1.54) is 0 Å². The summed E-state index contributed by atoms with van der Waals surface area (Å²) in [5.41, 5.74) is 0.956. The first-order chi connectivity index (χ1) is 9.74. The molecule has 110 valence electrons. The third-order valence-electron chi connectivity index (χ3n) is 3.44. The number of piperazine rings is 1. The van der Waals surface area contributed by atoms with Gasteiger partial charge in [0, 0.05) is 37.7 Å². The number of nitrogens with zero attached hydrogens (tertiary/aromatic N) is 1. The SMILES string of the molecule is O=C(Cc1cccc(Cl)c1)NCCCN1CCNCC1. The normalized spacial score (nSPS) is 16.1. The van der Waals surface area contributed by atoms with Crippen molar-refractivity contribution < 1.29 is 4.79 Å². The van der Waals surface area contributed by atoms with Crippen LogP contribution in [0, 0.1) is 0 Å². The number of carbonyl (C=O) groups excluding carboxylic acids is 1. The molecular weight excluding hydrogens is 274 g/mol. The largest absolute Gasteiger partial charge is 0.356 e. The summed E-state index contributed by atoms with van der Waals surface area (Å²) < 4.78 is 0. The Bertz CT molecular complexity index is 433. The number of hydrogen-bond donors (Lipinski definition) is 2. The van der Waals surface area contributed by atoms with E-state index in [-0.39, 0.29) is 5.91 Å². The van der Waals surface area contributed by atoms with Crippen LogP contribution in [0.5, 0.6) is 0 Å². The molecule has 4 nitrogen and oxygen atoms in total. The molecule has 20 heavy (non-hydrogen) atoms. The quantitative estimate of drug-likeness (QED) is 0.778. The van der Waals surface area contributed by atoms with Crippen LogP contribution in [-0.4, -0.2) is 50.1 Å². The minimum Gasteiger partial charge on any atom is -0.356 e. The molecule has 0 aromatic heterocycles. The van der Waals surface area contributed by atoms with Crippen LogP contribution in [0.4, 0.5) is 0 Å². The van der Waals surface area contributed by atoms with Gasteiger partial charge in [0.1, 0.15) is 0 Å². The molecule has 0 radical (unpaired) electrons. The fourth-order valence-corrected chi connectivity index (χ4v) is 2.57. The lowest BCUT2D eigenvalue weighted by molar-refractivity contribution is -0.120. The van der Waals surface area contributed by atoms with Gasteiger partial charge in [0.05, 0.1) is 6.42 Å². The van der Waals surface area contributed by atoms with E-state index >= 15 is 0 Å². The van der Waals surface area contributed by atoms with Crippen LogP contribution in [0.2, 0.25) is 5.02 Å². The van der Waals surface area contributed by atoms with Gasteiger partial charge >= 0.3 is 0 Å². The molecule has 1 aliphatic rings. The second-order valence-electron chi connectivity index (χ2n) is 5.10. The Morgan fingerprint density at radius 3 is 2.90 bits per heavy atom. The van der Waals surface area contributed by atoms with E-state index in [4.69, 9.17) is 11.6 Å². The maximum atomic E-state index is 11.8. The minimum atomic E-state index is 0.0626. The zero-order valence-electron chi connectivity index (χ0n) is 11.7. The van der Waals surface area contributed by atoms with Crippen LogP contribution in [0.3, 0.4) is 0 Å². The topological polar surface area (TPSA) is 44.4 Å². The van der Waals surface area contributed by atoms with Crippen molar-refractivity contribution in [3.05, 3.63) is 34.9 Å². The molecule has 1 heterocycles. The van der Waals surface area contributed by atoms with Crippen LogP contribution in [-0.2, 0) is 11.2 Å². The zero-order valence-corrected chi connectivity index (χ0v) is 12.5. The molecule has 5 heteroatoms. The summed E-state index contributed by atoms with van der Waals surface area (Å²) in [6, 6.07) is 7.44. The summed E-state index contributed by atoms with van der Waals surface area (Å²) in [6.07, 6.45) is 1.40. The lowest BCUT2D eigenvalue weighted by atomic mass is 10.1. The van der Waals surface area contributed by atoms with Gasteiger partial charge in [0.15, 0.2) is 0 Å². The third kappa shape index (κ3) is 5.49. The van der Waals surface area contributed by atoms with Crippen molar-refractivity contribution in [3.63, 3.8) is 0 Å². The van der Waals surface area contributed by atoms with Crippen LogP contribution >= 0.6 is 11.6 Å². The molecule has 1 aromatic rings. The molecule has 2 rings (SSSR count). The number of halogens is 1. The van der Waals surface area contributed by atoms with E-state index in [1.54, 1.807) is 0 Å². The van der Waals surface area contributed by atoms with Gasteiger partial charge in [0.2, 0.25) is 5.91 Å². The van der Waals surface area contributed by atoms with E-state index in [2.05, 4.69) is 15.5 Å². The van der Waals surface area contributed by atoms with Gasteiger partial charge in [-0.15, -0.1) is 0 Å². The van der Waals surface area contributed by atoms with Gasteiger partial charge in [-0.05, 0) is 30.7 Å². The van der Waals surface area contributed by atoms with Gasteiger partial charge in [-0.2, -0.15) is 0 Å². The Labute approximate surface area is 125 Å². The van der Waals surface area contributed by atoms with Crippen molar-refractivity contribution in [2.24, 2.45) is 0 Å². The van der Waals surface area contributed by atoms with Crippen LogP contribution in [0.25, 0.3) is 0 Å². The number of benzene rings is 1. The number of nitrogens with one attached hydrogen (secondary N) is 2. The van der Waals surface area contributed by atoms with Gasteiger partial charge in [-0.3, -0.25) is 4.79 Å². The first-order valence-corrected chi connectivity index (χ1v) is 7.56. The molecule has 1 amide bonds. The molecule has 0 aliphatic carbocycles. The second kappa shape index (κ2) is 8.25. The molecule has 1 fully saturated rings. The average Bonchev–Trinajstić information content (AvgIpc) is 2.45.